The third-order valence-electron chi connectivity index (χ3n) is 2.82. The second kappa shape index (κ2) is 6.17. The summed E-state index contributed by atoms with van der Waals surface area (Å²) in [7, 11) is 0. The predicted molar refractivity (Wildman–Crippen MR) is 84.4 cm³/mol. The van der Waals surface area contributed by atoms with Crippen LogP contribution in [-0.2, 0) is 13.1 Å². The molecule has 3 nitrogen and oxygen atoms in total. The molecule has 0 unspecified atom stereocenters. The van der Waals surface area contributed by atoms with Gasteiger partial charge >= 0.3 is 0 Å². The average Bonchev–Trinajstić information content (AvgIpc) is 2.78. The van der Waals surface area contributed by atoms with E-state index in [-0.39, 0.29) is 5.54 Å². The minimum absolute atomic E-state index is 0.0908. The molecule has 2 aromatic rings. The van der Waals surface area contributed by atoms with Crippen molar-refractivity contribution in [1.82, 2.24) is 15.1 Å². The number of nitrogens with zero attached hydrogens (tertiary/aromatic N) is 2. The minimum atomic E-state index is 0.0908. The third kappa shape index (κ3) is 4.51. The number of aromatic nitrogens is 2. The number of hydrogen-bond acceptors (Lipinski definition) is 2. The first kappa shape index (κ1) is 15.4. The van der Waals surface area contributed by atoms with Gasteiger partial charge < -0.3 is 5.32 Å². The van der Waals surface area contributed by atoms with Gasteiger partial charge in [0.15, 0.2) is 0 Å². The maximum absolute atomic E-state index is 6.01. The summed E-state index contributed by atoms with van der Waals surface area (Å²) in [5, 5.41) is 9.11. The molecule has 0 bridgehead atoms. The van der Waals surface area contributed by atoms with Gasteiger partial charge in [0.2, 0.25) is 0 Å². The van der Waals surface area contributed by atoms with E-state index in [1.807, 2.05) is 35.1 Å². The van der Waals surface area contributed by atoms with Crippen LogP contribution in [0.25, 0.3) is 0 Å². The Morgan fingerprint density at radius 1 is 1.15 bits per heavy atom. The number of hydrogen-bond donors (Lipinski definition) is 1. The second-order valence-corrected chi connectivity index (χ2v) is 6.67. The SMILES string of the molecule is CC(C)(C)NCc1ccn(Cc2ccc(Cl)c(Cl)c2)n1. The van der Waals surface area contributed by atoms with Gasteiger partial charge in [0.25, 0.3) is 0 Å². The van der Waals surface area contributed by atoms with Gasteiger partial charge in [-0.3, -0.25) is 4.68 Å². The van der Waals surface area contributed by atoms with E-state index in [1.54, 1.807) is 0 Å². The fraction of sp³-hybridized carbons (Fsp3) is 0.400. The van der Waals surface area contributed by atoms with Crippen molar-refractivity contribution in [3.05, 3.63) is 51.8 Å². The molecule has 0 fully saturated rings. The van der Waals surface area contributed by atoms with E-state index in [0.717, 1.165) is 17.8 Å². The fourth-order valence-corrected chi connectivity index (χ4v) is 2.09. The molecule has 0 saturated carbocycles. The minimum Gasteiger partial charge on any atom is -0.306 e. The molecule has 0 radical (unpaired) electrons. The Bertz CT molecular complexity index is 585. The lowest BCUT2D eigenvalue weighted by Crippen LogP contribution is -2.35. The zero-order chi connectivity index (χ0) is 14.8. The Hall–Kier alpha value is -1.03. The molecule has 5 heteroatoms. The third-order valence-corrected chi connectivity index (χ3v) is 3.56. The van der Waals surface area contributed by atoms with Crippen LogP contribution in [0.5, 0.6) is 0 Å². The normalized spacial score (nSPS) is 11.8. The van der Waals surface area contributed by atoms with Crippen molar-refractivity contribution < 1.29 is 0 Å². The van der Waals surface area contributed by atoms with Crippen LogP contribution in [0.3, 0.4) is 0 Å². The maximum Gasteiger partial charge on any atom is 0.0762 e. The van der Waals surface area contributed by atoms with Gasteiger partial charge in [0.05, 0.1) is 22.3 Å². The zero-order valence-corrected chi connectivity index (χ0v) is 13.5. The first-order valence-corrected chi connectivity index (χ1v) is 7.30. The number of rotatable bonds is 4. The van der Waals surface area contributed by atoms with E-state index in [1.165, 1.54) is 0 Å². The quantitative estimate of drug-likeness (QED) is 0.920. The molecular formula is C15H19Cl2N3. The lowest BCUT2D eigenvalue weighted by Gasteiger charge is -2.19. The van der Waals surface area contributed by atoms with Crippen molar-refractivity contribution in [3.8, 4) is 0 Å². The van der Waals surface area contributed by atoms with Crippen molar-refractivity contribution in [2.45, 2.75) is 39.4 Å². The molecule has 1 aromatic carbocycles. The highest BCUT2D eigenvalue weighted by Crippen LogP contribution is 2.22. The van der Waals surface area contributed by atoms with Gasteiger partial charge in [-0.15, -0.1) is 0 Å². The second-order valence-electron chi connectivity index (χ2n) is 5.86. The molecule has 1 N–H and O–H groups in total. The first-order chi connectivity index (χ1) is 9.33. The van der Waals surface area contributed by atoms with Crippen LogP contribution in [0.4, 0.5) is 0 Å². The van der Waals surface area contributed by atoms with Crippen molar-refractivity contribution in [2.24, 2.45) is 0 Å². The number of halogens is 2. The Morgan fingerprint density at radius 3 is 2.55 bits per heavy atom. The van der Waals surface area contributed by atoms with Gasteiger partial charge in [0.1, 0.15) is 0 Å². The molecule has 1 heterocycles. The van der Waals surface area contributed by atoms with Crippen molar-refractivity contribution in [2.75, 3.05) is 0 Å². The smallest absolute Gasteiger partial charge is 0.0762 e. The van der Waals surface area contributed by atoms with Crippen LogP contribution in [-0.4, -0.2) is 15.3 Å². The molecule has 108 valence electrons. The fourth-order valence-electron chi connectivity index (χ4n) is 1.77. The van der Waals surface area contributed by atoms with Crippen molar-refractivity contribution >= 4 is 23.2 Å². The number of nitrogens with one attached hydrogen (secondary N) is 1. The van der Waals surface area contributed by atoms with Gasteiger partial charge in [-0.25, -0.2) is 0 Å². The van der Waals surface area contributed by atoms with Crippen molar-refractivity contribution in [1.29, 1.82) is 0 Å². The maximum atomic E-state index is 6.01. The van der Waals surface area contributed by atoms with Crippen molar-refractivity contribution in [3.63, 3.8) is 0 Å². The average molecular weight is 312 g/mol. The molecule has 20 heavy (non-hydrogen) atoms. The Labute approximate surface area is 129 Å². The molecule has 0 aliphatic carbocycles. The van der Waals surface area contributed by atoms with E-state index in [9.17, 15) is 0 Å². The lowest BCUT2D eigenvalue weighted by atomic mass is 10.1. The Balaban J connectivity index is 2.00. The highest BCUT2D eigenvalue weighted by Gasteiger charge is 2.09. The van der Waals surface area contributed by atoms with E-state index >= 15 is 0 Å². The summed E-state index contributed by atoms with van der Waals surface area (Å²) in [6.45, 7) is 7.86. The molecule has 0 aliphatic rings. The van der Waals surface area contributed by atoms with Crippen LogP contribution < -0.4 is 5.32 Å². The van der Waals surface area contributed by atoms with Crippen LogP contribution in [0.2, 0.25) is 10.0 Å². The molecule has 0 amide bonds. The summed E-state index contributed by atoms with van der Waals surface area (Å²) in [4.78, 5) is 0. The highest BCUT2D eigenvalue weighted by atomic mass is 35.5. The molecule has 0 spiro atoms. The highest BCUT2D eigenvalue weighted by molar-refractivity contribution is 6.42. The summed E-state index contributed by atoms with van der Waals surface area (Å²) in [6, 6.07) is 7.67. The van der Waals surface area contributed by atoms with Crippen LogP contribution in [0.1, 0.15) is 32.0 Å². The van der Waals surface area contributed by atoms with E-state index in [2.05, 4.69) is 31.2 Å². The molecule has 0 saturated heterocycles. The van der Waals surface area contributed by atoms with Crippen LogP contribution in [0.15, 0.2) is 30.5 Å². The summed E-state index contributed by atoms with van der Waals surface area (Å²) in [5.74, 6) is 0. The topological polar surface area (TPSA) is 29.9 Å². The van der Waals surface area contributed by atoms with Gasteiger partial charge in [0, 0.05) is 18.3 Å². The van der Waals surface area contributed by atoms with E-state index in [0.29, 0.717) is 16.6 Å². The lowest BCUT2D eigenvalue weighted by molar-refractivity contribution is 0.419. The number of benzene rings is 1. The zero-order valence-electron chi connectivity index (χ0n) is 12.0. The molecular weight excluding hydrogens is 293 g/mol. The first-order valence-electron chi connectivity index (χ1n) is 6.55. The summed E-state index contributed by atoms with van der Waals surface area (Å²) >= 11 is 11.9. The Morgan fingerprint density at radius 2 is 1.90 bits per heavy atom. The molecule has 2 rings (SSSR count). The molecule has 0 atom stereocenters. The van der Waals surface area contributed by atoms with Gasteiger partial charge in [-0.1, -0.05) is 29.3 Å². The predicted octanol–water partition coefficient (Wildman–Crippen LogP) is 4.13. The molecule has 0 aliphatic heterocycles. The standard InChI is InChI=1S/C15H19Cl2N3/c1-15(2,3)18-9-12-6-7-20(19-12)10-11-4-5-13(16)14(17)8-11/h4-8,18H,9-10H2,1-3H3. The monoisotopic (exact) mass is 311 g/mol. The largest absolute Gasteiger partial charge is 0.306 e. The van der Waals surface area contributed by atoms with E-state index < -0.39 is 0 Å². The summed E-state index contributed by atoms with van der Waals surface area (Å²) in [6.07, 6.45) is 1.97. The van der Waals surface area contributed by atoms with Gasteiger partial charge in [-0.05, 0) is 44.5 Å². The van der Waals surface area contributed by atoms with Gasteiger partial charge in [-0.2, -0.15) is 5.10 Å². The summed E-state index contributed by atoms with van der Waals surface area (Å²) in [5.41, 5.74) is 2.20. The Kier molecular flexibility index (Phi) is 4.74. The summed E-state index contributed by atoms with van der Waals surface area (Å²) < 4.78 is 1.90. The van der Waals surface area contributed by atoms with Crippen LogP contribution in [0, 0.1) is 0 Å². The molecule has 1 aromatic heterocycles. The van der Waals surface area contributed by atoms with Crippen LogP contribution >= 0.6 is 23.2 Å². The van der Waals surface area contributed by atoms with E-state index in [4.69, 9.17) is 23.2 Å².